The first-order chi connectivity index (χ1) is 16.2. The summed E-state index contributed by atoms with van der Waals surface area (Å²) in [7, 11) is 0. The lowest BCUT2D eigenvalue weighted by atomic mass is 9.82. The fourth-order valence-corrected chi connectivity index (χ4v) is 4.26. The SMILES string of the molecule is O=[N+]([O-])c1ccc(C(O)(c2ccc3c(cnn3-c3ccccc3)c2)C(F)(F)F)c2ccccc12. The largest absolute Gasteiger partial charge is 0.425 e. The summed E-state index contributed by atoms with van der Waals surface area (Å²) in [6, 6.07) is 20.6. The highest BCUT2D eigenvalue weighted by Crippen LogP contribution is 2.48. The van der Waals surface area contributed by atoms with E-state index in [0.717, 1.165) is 17.8 Å². The molecule has 0 aliphatic heterocycles. The van der Waals surface area contributed by atoms with E-state index in [1.807, 2.05) is 30.3 Å². The lowest BCUT2D eigenvalue weighted by molar-refractivity contribution is -0.383. The Morgan fingerprint density at radius 1 is 0.882 bits per heavy atom. The van der Waals surface area contributed by atoms with E-state index in [-0.39, 0.29) is 16.5 Å². The Morgan fingerprint density at radius 3 is 2.24 bits per heavy atom. The number of non-ortho nitro benzene ring substituents is 1. The highest BCUT2D eigenvalue weighted by Gasteiger charge is 2.57. The number of aromatic nitrogens is 2. The first kappa shape index (κ1) is 21.6. The molecule has 0 fully saturated rings. The van der Waals surface area contributed by atoms with Crippen LogP contribution in [0.1, 0.15) is 11.1 Å². The van der Waals surface area contributed by atoms with Gasteiger partial charge in [0.2, 0.25) is 5.60 Å². The number of fused-ring (bicyclic) bond motifs is 2. The maximum absolute atomic E-state index is 14.5. The second kappa shape index (κ2) is 7.67. The molecular formula is C25H16F3N3O3. The van der Waals surface area contributed by atoms with E-state index in [1.54, 1.807) is 4.68 Å². The van der Waals surface area contributed by atoms with Gasteiger partial charge in [0.1, 0.15) is 0 Å². The molecule has 4 aromatic carbocycles. The number of rotatable bonds is 4. The van der Waals surface area contributed by atoms with Gasteiger partial charge in [-0.25, -0.2) is 4.68 Å². The number of benzene rings is 4. The van der Waals surface area contributed by atoms with Gasteiger partial charge < -0.3 is 5.11 Å². The van der Waals surface area contributed by atoms with Crippen molar-refractivity contribution in [3.05, 3.63) is 112 Å². The fraction of sp³-hybridized carbons (Fsp3) is 0.0800. The minimum Gasteiger partial charge on any atom is -0.372 e. The molecule has 0 radical (unpaired) electrons. The van der Waals surface area contributed by atoms with Crippen molar-refractivity contribution in [3.63, 3.8) is 0 Å². The van der Waals surface area contributed by atoms with Crippen LogP contribution >= 0.6 is 0 Å². The van der Waals surface area contributed by atoms with E-state index in [2.05, 4.69) is 5.10 Å². The third-order valence-corrected chi connectivity index (χ3v) is 5.88. The Morgan fingerprint density at radius 2 is 1.56 bits per heavy atom. The van der Waals surface area contributed by atoms with Crippen LogP contribution < -0.4 is 0 Å². The monoisotopic (exact) mass is 463 g/mol. The van der Waals surface area contributed by atoms with Crippen molar-refractivity contribution in [1.29, 1.82) is 0 Å². The minimum absolute atomic E-state index is 0.00523. The smallest absolute Gasteiger partial charge is 0.372 e. The number of hydrogen-bond acceptors (Lipinski definition) is 4. The van der Waals surface area contributed by atoms with E-state index in [0.29, 0.717) is 10.9 Å². The molecule has 0 amide bonds. The predicted octanol–water partition coefficient (Wildman–Crippen LogP) is 5.89. The van der Waals surface area contributed by atoms with Crippen LogP contribution in [0.15, 0.2) is 91.1 Å². The average molecular weight is 463 g/mol. The van der Waals surface area contributed by atoms with Crippen molar-refractivity contribution in [1.82, 2.24) is 9.78 Å². The van der Waals surface area contributed by atoms with Crippen molar-refractivity contribution >= 4 is 27.4 Å². The second-order valence-electron chi connectivity index (χ2n) is 7.81. The van der Waals surface area contributed by atoms with E-state index >= 15 is 0 Å². The highest BCUT2D eigenvalue weighted by atomic mass is 19.4. The molecule has 34 heavy (non-hydrogen) atoms. The van der Waals surface area contributed by atoms with Crippen molar-refractivity contribution in [3.8, 4) is 5.69 Å². The second-order valence-corrected chi connectivity index (χ2v) is 7.81. The Labute approximate surface area is 190 Å². The van der Waals surface area contributed by atoms with Crippen molar-refractivity contribution in [2.24, 2.45) is 0 Å². The number of hydrogen-bond donors (Lipinski definition) is 1. The quantitative estimate of drug-likeness (QED) is 0.266. The van der Waals surface area contributed by atoms with Crippen LogP contribution in [0, 0.1) is 10.1 Å². The molecule has 0 saturated heterocycles. The fourth-order valence-electron chi connectivity index (χ4n) is 4.26. The van der Waals surface area contributed by atoms with Crippen LogP contribution in [0.2, 0.25) is 0 Å². The van der Waals surface area contributed by atoms with E-state index in [1.165, 1.54) is 48.7 Å². The third kappa shape index (κ3) is 3.20. The molecule has 0 aliphatic carbocycles. The maximum atomic E-state index is 14.5. The molecule has 1 heterocycles. The molecule has 1 unspecified atom stereocenters. The molecule has 0 bridgehead atoms. The molecule has 0 spiro atoms. The standard InChI is InChI=1S/C25H16F3N3O3/c26-25(27,28)24(32,21-11-13-23(31(33)34)20-9-5-4-8-19(20)21)17-10-12-22-16(14-17)15-29-30(22)18-6-2-1-3-7-18/h1-15,32H. The zero-order valence-corrected chi connectivity index (χ0v) is 17.4. The van der Waals surface area contributed by atoms with Gasteiger partial charge >= 0.3 is 6.18 Å². The summed E-state index contributed by atoms with van der Waals surface area (Å²) in [5, 5.41) is 27.3. The van der Waals surface area contributed by atoms with Gasteiger partial charge in [-0.05, 0) is 47.3 Å². The van der Waals surface area contributed by atoms with Crippen molar-refractivity contribution in [2.45, 2.75) is 11.8 Å². The molecule has 1 N–H and O–H groups in total. The molecule has 1 aromatic heterocycles. The normalized spacial score (nSPS) is 13.8. The van der Waals surface area contributed by atoms with Gasteiger partial charge in [-0.1, -0.05) is 42.5 Å². The Balaban J connectivity index is 1.75. The van der Waals surface area contributed by atoms with Gasteiger partial charge in [-0.3, -0.25) is 10.1 Å². The van der Waals surface area contributed by atoms with Crippen molar-refractivity contribution < 1.29 is 23.2 Å². The number of aliphatic hydroxyl groups is 1. The summed E-state index contributed by atoms with van der Waals surface area (Å²) in [5.41, 5.74) is -3.37. The number of nitrogens with zero attached hydrogens (tertiary/aromatic N) is 3. The van der Waals surface area contributed by atoms with Crippen LogP contribution in [0.4, 0.5) is 18.9 Å². The lowest BCUT2D eigenvalue weighted by Crippen LogP contribution is -2.43. The topological polar surface area (TPSA) is 81.2 Å². The van der Waals surface area contributed by atoms with Gasteiger partial charge in [0.25, 0.3) is 5.69 Å². The van der Waals surface area contributed by atoms with Crippen LogP contribution in [-0.2, 0) is 5.60 Å². The summed E-state index contributed by atoms with van der Waals surface area (Å²) in [5.74, 6) is 0. The summed E-state index contributed by atoms with van der Waals surface area (Å²) in [4.78, 5) is 10.8. The Kier molecular flexibility index (Phi) is 4.87. The summed E-state index contributed by atoms with van der Waals surface area (Å²) in [6.45, 7) is 0. The molecule has 0 aliphatic rings. The Bertz CT molecular complexity index is 1550. The first-order valence-corrected chi connectivity index (χ1v) is 10.2. The zero-order chi connectivity index (χ0) is 24.1. The van der Waals surface area contributed by atoms with E-state index < -0.39 is 27.8 Å². The minimum atomic E-state index is -5.12. The number of alkyl halides is 3. The van der Waals surface area contributed by atoms with Gasteiger partial charge in [0.15, 0.2) is 0 Å². The maximum Gasteiger partial charge on any atom is 0.425 e. The molecule has 6 nitrogen and oxygen atoms in total. The van der Waals surface area contributed by atoms with Crippen LogP contribution in [-0.4, -0.2) is 26.0 Å². The molecule has 170 valence electrons. The van der Waals surface area contributed by atoms with Crippen LogP contribution in [0.5, 0.6) is 0 Å². The summed E-state index contributed by atoms with van der Waals surface area (Å²) >= 11 is 0. The number of halogens is 3. The molecule has 0 saturated carbocycles. The van der Waals surface area contributed by atoms with E-state index in [4.69, 9.17) is 0 Å². The number of nitro groups is 1. The predicted molar refractivity (Wildman–Crippen MR) is 121 cm³/mol. The van der Waals surface area contributed by atoms with Crippen LogP contribution in [0.25, 0.3) is 27.4 Å². The molecule has 5 rings (SSSR count). The van der Waals surface area contributed by atoms with Gasteiger partial charge in [-0.2, -0.15) is 18.3 Å². The van der Waals surface area contributed by atoms with E-state index in [9.17, 15) is 28.4 Å². The molecule has 1 atom stereocenters. The summed E-state index contributed by atoms with van der Waals surface area (Å²) in [6.07, 6.45) is -3.69. The highest BCUT2D eigenvalue weighted by molar-refractivity contribution is 5.94. The van der Waals surface area contributed by atoms with Gasteiger partial charge in [-0.15, -0.1) is 0 Å². The molecule has 5 aromatic rings. The summed E-state index contributed by atoms with van der Waals surface area (Å²) < 4.78 is 45.2. The number of para-hydroxylation sites is 1. The average Bonchev–Trinajstić information content (AvgIpc) is 3.26. The van der Waals surface area contributed by atoms with Gasteiger partial charge in [0.05, 0.1) is 27.7 Å². The third-order valence-electron chi connectivity index (χ3n) is 5.88. The van der Waals surface area contributed by atoms with Crippen LogP contribution in [0.3, 0.4) is 0 Å². The van der Waals surface area contributed by atoms with Crippen molar-refractivity contribution in [2.75, 3.05) is 0 Å². The zero-order valence-electron chi connectivity index (χ0n) is 17.4. The first-order valence-electron chi connectivity index (χ1n) is 10.2. The number of nitro benzene ring substituents is 1. The molecule has 9 heteroatoms. The molecular weight excluding hydrogens is 447 g/mol. The van der Waals surface area contributed by atoms with Gasteiger partial charge in [0, 0.05) is 17.0 Å². The Hall–Kier alpha value is -4.24. The lowest BCUT2D eigenvalue weighted by Gasteiger charge is -2.32.